The molecular weight excluding hydrogens is 377 g/mol. The van der Waals surface area contributed by atoms with Gasteiger partial charge in [-0.1, -0.05) is 48.0 Å². The van der Waals surface area contributed by atoms with Gasteiger partial charge in [0.2, 0.25) is 5.78 Å². The van der Waals surface area contributed by atoms with Gasteiger partial charge in [-0.3, -0.25) is 9.52 Å². The minimum absolute atomic E-state index is 0.0453. The molecule has 1 N–H and O–H groups in total. The van der Waals surface area contributed by atoms with Crippen molar-refractivity contribution in [1.29, 1.82) is 0 Å². The van der Waals surface area contributed by atoms with Crippen LogP contribution in [0.2, 0.25) is 0 Å². The van der Waals surface area contributed by atoms with Gasteiger partial charge in [-0.05, 0) is 55.0 Å². The Balaban J connectivity index is 2.01. The van der Waals surface area contributed by atoms with E-state index in [0.717, 1.165) is 17.7 Å². The Morgan fingerprint density at radius 1 is 0.893 bits per heavy atom. The number of carbonyl (C=O) groups excluding carboxylic acids is 1. The number of halogens is 1. The van der Waals surface area contributed by atoms with Gasteiger partial charge in [-0.15, -0.1) is 0 Å². The lowest BCUT2D eigenvalue weighted by atomic mass is 10.1. The molecule has 0 spiro atoms. The van der Waals surface area contributed by atoms with Crippen LogP contribution < -0.4 is 4.72 Å². The summed E-state index contributed by atoms with van der Waals surface area (Å²) in [4.78, 5) is 13.0. The van der Waals surface area contributed by atoms with Crippen molar-refractivity contribution in [3.8, 4) is 0 Å². The molecule has 0 bridgehead atoms. The second kappa shape index (κ2) is 8.19. The van der Waals surface area contributed by atoms with Crippen molar-refractivity contribution < 1.29 is 17.6 Å². The van der Waals surface area contributed by atoms with E-state index in [0.29, 0.717) is 5.56 Å². The molecule has 0 unspecified atom stereocenters. The lowest BCUT2D eigenvalue weighted by Crippen LogP contribution is -2.27. The van der Waals surface area contributed by atoms with Crippen molar-refractivity contribution in [2.24, 2.45) is 0 Å². The summed E-state index contributed by atoms with van der Waals surface area (Å²) in [5, 5.41) is 0. The molecule has 3 aromatic carbocycles. The average molecular weight is 395 g/mol. The number of allylic oxidation sites excluding steroid dienone is 1. The van der Waals surface area contributed by atoms with Crippen LogP contribution in [0.5, 0.6) is 0 Å². The fourth-order valence-electron chi connectivity index (χ4n) is 2.54. The van der Waals surface area contributed by atoms with Crippen molar-refractivity contribution in [2.75, 3.05) is 0 Å². The van der Waals surface area contributed by atoms with E-state index in [1.54, 1.807) is 36.4 Å². The Bertz CT molecular complexity index is 1100. The van der Waals surface area contributed by atoms with Gasteiger partial charge in [-0.25, -0.2) is 12.8 Å². The average Bonchev–Trinajstić information content (AvgIpc) is 2.68. The highest BCUT2D eigenvalue weighted by Gasteiger charge is 2.21. The summed E-state index contributed by atoms with van der Waals surface area (Å²) in [6.07, 6.45) is 1.46. The number of aryl methyl sites for hydroxylation is 1. The van der Waals surface area contributed by atoms with E-state index in [1.165, 1.54) is 30.3 Å². The summed E-state index contributed by atoms with van der Waals surface area (Å²) in [6, 6.07) is 20.1. The van der Waals surface area contributed by atoms with Crippen LogP contribution >= 0.6 is 0 Å². The zero-order valence-electron chi connectivity index (χ0n) is 15.1. The first kappa shape index (κ1) is 19.5. The monoisotopic (exact) mass is 395 g/mol. The van der Waals surface area contributed by atoms with Crippen LogP contribution in [0.1, 0.15) is 21.5 Å². The Morgan fingerprint density at radius 3 is 2.11 bits per heavy atom. The number of ketones is 1. The van der Waals surface area contributed by atoms with E-state index in [4.69, 9.17) is 0 Å². The minimum atomic E-state index is -3.97. The molecule has 0 heterocycles. The minimum Gasteiger partial charge on any atom is -0.287 e. The van der Waals surface area contributed by atoms with Gasteiger partial charge in [0.1, 0.15) is 5.82 Å². The summed E-state index contributed by atoms with van der Waals surface area (Å²) in [5.74, 6) is -1.04. The van der Waals surface area contributed by atoms with E-state index in [-0.39, 0.29) is 16.2 Å². The van der Waals surface area contributed by atoms with E-state index < -0.39 is 21.6 Å². The quantitative estimate of drug-likeness (QED) is 0.499. The largest absolute Gasteiger partial charge is 0.287 e. The molecule has 4 nitrogen and oxygen atoms in total. The molecule has 142 valence electrons. The van der Waals surface area contributed by atoms with Crippen LogP contribution in [0.25, 0.3) is 6.08 Å². The summed E-state index contributed by atoms with van der Waals surface area (Å²) in [7, 11) is -3.97. The predicted molar refractivity (Wildman–Crippen MR) is 107 cm³/mol. The summed E-state index contributed by atoms with van der Waals surface area (Å²) in [6.45, 7) is 1.85. The molecule has 0 amide bonds. The maximum atomic E-state index is 13.2. The second-order valence-corrected chi connectivity index (χ2v) is 7.91. The van der Waals surface area contributed by atoms with Gasteiger partial charge < -0.3 is 0 Å². The fourth-order valence-corrected chi connectivity index (χ4v) is 3.59. The van der Waals surface area contributed by atoms with Gasteiger partial charge >= 0.3 is 0 Å². The molecule has 0 aliphatic heterocycles. The molecule has 0 saturated heterocycles. The molecule has 0 aliphatic carbocycles. The van der Waals surface area contributed by atoms with Crippen LogP contribution in [0.3, 0.4) is 0 Å². The standard InChI is InChI=1S/C22H18FNO3S/c1-16-7-13-20(14-8-16)28(26,27)24-21(15-17-5-3-2-4-6-17)22(25)18-9-11-19(23)12-10-18/h2-15,24H,1H3/b21-15-. The highest BCUT2D eigenvalue weighted by Crippen LogP contribution is 2.16. The molecule has 0 fully saturated rings. The third-order valence-electron chi connectivity index (χ3n) is 4.04. The van der Waals surface area contributed by atoms with Gasteiger partial charge in [-0.2, -0.15) is 0 Å². The zero-order valence-corrected chi connectivity index (χ0v) is 15.9. The first-order valence-electron chi connectivity index (χ1n) is 8.52. The third kappa shape index (κ3) is 4.72. The number of carbonyl (C=O) groups is 1. The van der Waals surface area contributed by atoms with E-state index in [2.05, 4.69) is 4.72 Å². The summed E-state index contributed by atoms with van der Waals surface area (Å²) >= 11 is 0. The van der Waals surface area contributed by atoms with Gasteiger partial charge in [0.15, 0.2) is 0 Å². The van der Waals surface area contributed by atoms with Gasteiger partial charge in [0, 0.05) is 5.56 Å². The number of hydrogen-bond acceptors (Lipinski definition) is 3. The zero-order chi connectivity index (χ0) is 20.1. The van der Waals surface area contributed by atoms with Crippen molar-refractivity contribution in [3.63, 3.8) is 0 Å². The Morgan fingerprint density at radius 2 is 1.50 bits per heavy atom. The van der Waals surface area contributed by atoms with Crippen molar-refractivity contribution in [1.82, 2.24) is 4.72 Å². The normalized spacial score (nSPS) is 11.9. The summed E-state index contributed by atoms with van der Waals surface area (Å²) in [5.41, 5.74) is 1.62. The highest BCUT2D eigenvalue weighted by atomic mass is 32.2. The molecule has 28 heavy (non-hydrogen) atoms. The second-order valence-electron chi connectivity index (χ2n) is 6.22. The van der Waals surface area contributed by atoms with Crippen LogP contribution in [0.15, 0.2) is 89.5 Å². The molecule has 3 rings (SSSR count). The van der Waals surface area contributed by atoms with Crippen molar-refractivity contribution in [2.45, 2.75) is 11.8 Å². The van der Waals surface area contributed by atoms with Crippen LogP contribution in [-0.4, -0.2) is 14.2 Å². The first-order valence-corrected chi connectivity index (χ1v) is 10.00. The predicted octanol–water partition coefficient (Wildman–Crippen LogP) is 4.34. The molecule has 0 radical (unpaired) electrons. The van der Waals surface area contributed by atoms with Crippen LogP contribution in [-0.2, 0) is 10.0 Å². The maximum absolute atomic E-state index is 13.2. The summed E-state index contributed by atoms with van der Waals surface area (Å²) < 4.78 is 41.1. The van der Waals surface area contributed by atoms with Gasteiger partial charge in [0.25, 0.3) is 10.0 Å². The number of sulfonamides is 1. The Hall–Kier alpha value is -3.25. The molecule has 0 aromatic heterocycles. The maximum Gasteiger partial charge on any atom is 0.262 e. The van der Waals surface area contributed by atoms with E-state index in [1.807, 2.05) is 13.0 Å². The van der Waals surface area contributed by atoms with E-state index >= 15 is 0 Å². The number of Topliss-reactive ketones (excluding diaryl/α,β-unsaturated/α-hetero) is 1. The highest BCUT2D eigenvalue weighted by molar-refractivity contribution is 7.89. The van der Waals surface area contributed by atoms with Gasteiger partial charge in [0.05, 0.1) is 10.6 Å². The SMILES string of the molecule is Cc1ccc(S(=O)(=O)N/C(=C\c2ccccc2)C(=O)c2ccc(F)cc2)cc1. The molecule has 0 aliphatic rings. The lowest BCUT2D eigenvalue weighted by Gasteiger charge is -2.12. The lowest BCUT2D eigenvalue weighted by molar-refractivity contribution is 0.103. The number of hydrogen-bond donors (Lipinski definition) is 1. The number of rotatable bonds is 6. The first-order chi connectivity index (χ1) is 13.3. The van der Waals surface area contributed by atoms with E-state index in [9.17, 15) is 17.6 Å². The molecular formula is C22H18FNO3S. The number of benzene rings is 3. The van der Waals surface area contributed by atoms with Crippen LogP contribution in [0.4, 0.5) is 4.39 Å². The third-order valence-corrected chi connectivity index (χ3v) is 5.42. The molecule has 0 atom stereocenters. The Labute approximate surface area is 163 Å². The molecule has 6 heteroatoms. The molecule has 3 aromatic rings. The Kier molecular flexibility index (Phi) is 5.70. The molecule has 0 saturated carbocycles. The smallest absolute Gasteiger partial charge is 0.262 e. The number of nitrogens with one attached hydrogen (secondary N) is 1. The fraction of sp³-hybridized carbons (Fsp3) is 0.0455. The topological polar surface area (TPSA) is 63.2 Å². The van der Waals surface area contributed by atoms with Crippen molar-refractivity contribution >= 4 is 21.9 Å². The van der Waals surface area contributed by atoms with Crippen LogP contribution in [0, 0.1) is 12.7 Å². The van der Waals surface area contributed by atoms with Crippen molar-refractivity contribution in [3.05, 3.63) is 107 Å².